The summed E-state index contributed by atoms with van der Waals surface area (Å²) in [5.74, 6) is 2.12. The van der Waals surface area contributed by atoms with E-state index in [4.69, 9.17) is 13.9 Å². The predicted octanol–water partition coefficient (Wildman–Crippen LogP) is 4.73. The van der Waals surface area contributed by atoms with Gasteiger partial charge in [-0.25, -0.2) is 0 Å². The number of likely N-dealkylation sites (tertiary alicyclic amines) is 1. The highest BCUT2D eigenvalue weighted by atomic mass is 16.5. The number of amides is 1. The third kappa shape index (κ3) is 6.02. The van der Waals surface area contributed by atoms with Gasteiger partial charge < -0.3 is 24.1 Å². The number of hydrogen-bond donors (Lipinski definition) is 1. The van der Waals surface area contributed by atoms with Crippen LogP contribution in [0.4, 0.5) is 5.88 Å². The van der Waals surface area contributed by atoms with Crippen LogP contribution in [0.15, 0.2) is 71.3 Å². The second-order valence-corrected chi connectivity index (χ2v) is 9.63. The van der Waals surface area contributed by atoms with Gasteiger partial charge in [-0.2, -0.15) is 0 Å². The number of carbonyl (C=O) groups excluding carboxylic acids is 1. The lowest BCUT2D eigenvalue weighted by Crippen LogP contribution is -2.44. The molecule has 2 aliphatic heterocycles. The van der Waals surface area contributed by atoms with Crippen molar-refractivity contribution >= 4 is 11.8 Å². The molecule has 3 aromatic rings. The first kappa shape index (κ1) is 24.3. The van der Waals surface area contributed by atoms with Crippen molar-refractivity contribution in [2.75, 3.05) is 38.2 Å². The van der Waals surface area contributed by atoms with Crippen LogP contribution in [0, 0.1) is 0 Å². The first-order valence-corrected chi connectivity index (χ1v) is 12.9. The van der Waals surface area contributed by atoms with Crippen LogP contribution in [0.2, 0.25) is 0 Å². The molecule has 3 heterocycles. The smallest absolute Gasteiger partial charge is 0.251 e. The van der Waals surface area contributed by atoms with Gasteiger partial charge in [-0.05, 0) is 42.7 Å². The van der Waals surface area contributed by atoms with Crippen LogP contribution < -0.4 is 19.7 Å². The molecule has 0 aliphatic carbocycles. The Morgan fingerprint density at radius 2 is 1.72 bits per heavy atom. The quantitative estimate of drug-likeness (QED) is 0.494. The van der Waals surface area contributed by atoms with Crippen molar-refractivity contribution in [1.29, 1.82) is 0 Å². The highest BCUT2D eigenvalue weighted by molar-refractivity contribution is 5.95. The maximum Gasteiger partial charge on any atom is 0.251 e. The Morgan fingerprint density at radius 3 is 2.42 bits per heavy atom. The van der Waals surface area contributed by atoms with Gasteiger partial charge in [0.1, 0.15) is 6.10 Å². The lowest BCUT2D eigenvalue weighted by atomic mass is 10.0. The summed E-state index contributed by atoms with van der Waals surface area (Å²) in [7, 11) is 1.62. The van der Waals surface area contributed by atoms with Crippen molar-refractivity contribution < 1.29 is 18.7 Å². The molecule has 7 heteroatoms. The molecule has 1 aromatic heterocycles. The number of anilines is 1. The molecule has 1 amide bonds. The molecule has 2 saturated heterocycles. The van der Waals surface area contributed by atoms with E-state index in [0.717, 1.165) is 64.3 Å². The van der Waals surface area contributed by atoms with Crippen LogP contribution >= 0.6 is 0 Å². The number of nitrogens with zero attached hydrogens (tertiary/aromatic N) is 2. The minimum atomic E-state index is -0.0619. The molecule has 0 radical (unpaired) electrons. The summed E-state index contributed by atoms with van der Waals surface area (Å²) in [6.07, 6.45) is 5.51. The molecule has 5 rings (SSSR count). The molecule has 0 spiro atoms. The van der Waals surface area contributed by atoms with Crippen LogP contribution in [0.25, 0.3) is 0 Å². The summed E-state index contributed by atoms with van der Waals surface area (Å²) in [4.78, 5) is 17.7. The van der Waals surface area contributed by atoms with Gasteiger partial charge in [0.2, 0.25) is 0 Å². The number of piperidine rings is 2. The van der Waals surface area contributed by atoms with Gasteiger partial charge in [-0.1, -0.05) is 30.3 Å². The molecule has 36 heavy (non-hydrogen) atoms. The molecule has 0 bridgehead atoms. The molecule has 0 atom stereocenters. The third-order valence-corrected chi connectivity index (χ3v) is 7.15. The average molecular weight is 490 g/mol. The van der Waals surface area contributed by atoms with Crippen LogP contribution in [0.3, 0.4) is 0 Å². The average Bonchev–Trinajstić information content (AvgIpc) is 3.46. The lowest BCUT2D eigenvalue weighted by molar-refractivity contribution is 0.0908. The Labute approximate surface area is 213 Å². The zero-order valence-corrected chi connectivity index (χ0v) is 20.9. The Bertz CT molecular complexity index is 1100. The summed E-state index contributed by atoms with van der Waals surface area (Å²) in [6, 6.07) is 20.1. The van der Waals surface area contributed by atoms with E-state index in [9.17, 15) is 4.79 Å². The van der Waals surface area contributed by atoms with Gasteiger partial charge >= 0.3 is 0 Å². The van der Waals surface area contributed by atoms with Crippen LogP contribution in [0.1, 0.15) is 41.6 Å². The van der Waals surface area contributed by atoms with Crippen molar-refractivity contribution in [1.82, 2.24) is 10.2 Å². The summed E-state index contributed by atoms with van der Waals surface area (Å²) in [5, 5.41) is 3.21. The highest BCUT2D eigenvalue weighted by Crippen LogP contribution is 2.31. The number of methoxy groups -OCH3 is 1. The van der Waals surface area contributed by atoms with E-state index in [1.807, 2.05) is 30.3 Å². The normalized spacial score (nSPS) is 17.6. The summed E-state index contributed by atoms with van der Waals surface area (Å²) in [5.41, 5.74) is 1.93. The molecule has 2 fully saturated rings. The van der Waals surface area contributed by atoms with E-state index >= 15 is 0 Å². The molecular formula is C29H35N3O4. The molecule has 2 aromatic carbocycles. The van der Waals surface area contributed by atoms with E-state index in [-0.39, 0.29) is 18.1 Å². The number of carbonyl (C=O) groups is 1. The number of furan rings is 1. The van der Waals surface area contributed by atoms with Crippen molar-refractivity contribution in [3.8, 4) is 11.5 Å². The summed E-state index contributed by atoms with van der Waals surface area (Å²) >= 11 is 0. The lowest BCUT2D eigenvalue weighted by Gasteiger charge is -2.32. The maximum absolute atomic E-state index is 13.0. The fourth-order valence-electron chi connectivity index (χ4n) is 5.08. The fourth-order valence-corrected chi connectivity index (χ4v) is 5.08. The van der Waals surface area contributed by atoms with E-state index in [2.05, 4.69) is 39.4 Å². The second kappa shape index (κ2) is 11.5. The first-order valence-electron chi connectivity index (χ1n) is 12.9. The van der Waals surface area contributed by atoms with E-state index < -0.39 is 0 Å². The number of nitrogens with one attached hydrogen (secondary N) is 1. The molecule has 2 aliphatic rings. The third-order valence-electron chi connectivity index (χ3n) is 7.15. The fraction of sp³-hybridized carbons (Fsp3) is 0.414. The van der Waals surface area contributed by atoms with Gasteiger partial charge in [0, 0.05) is 63.2 Å². The molecule has 7 nitrogen and oxygen atoms in total. The van der Waals surface area contributed by atoms with Crippen LogP contribution in [-0.2, 0) is 6.54 Å². The standard InChI is InChI=1S/C29H35N3O4/c1-34-27-20-23(9-10-26(27)36-25-13-17-32(18-14-25)28-8-5-19-35-28)29(33)30-24-11-15-31(16-12-24)21-22-6-3-2-4-7-22/h2-10,19-20,24-25H,11-18,21H2,1H3,(H,30,33). The van der Waals surface area contributed by atoms with Gasteiger partial charge in [-0.3, -0.25) is 9.69 Å². The zero-order valence-electron chi connectivity index (χ0n) is 20.9. The van der Waals surface area contributed by atoms with Gasteiger partial charge in [-0.15, -0.1) is 0 Å². The summed E-state index contributed by atoms with van der Waals surface area (Å²) in [6.45, 7) is 4.68. The van der Waals surface area contributed by atoms with Crippen LogP contribution in [-0.4, -0.2) is 56.2 Å². The molecule has 190 valence electrons. The topological polar surface area (TPSA) is 67.2 Å². The van der Waals surface area contributed by atoms with Crippen molar-refractivity contribution in [2.24, 2.45) is 0 Å². The van der Waals surface area contributed by atoms with Gasteiger partial charge in [0.15, 0.2) is 17.4 Å². The second-order valence-electron chi connectivity index (χ2n) is 9.63. The minimum absolute atomic E-state index is 0.0619. The monoisotopic (exact) mass is 489 g/mol. The molecular weight excluding hydrogens is 454 g/mol. The number of ether oxygens (including phenoxy) is 2. The molecule has 0 unspecified atom stereocenters. The minimum Gasteiger partial charge on any atom is -0.493 e. The van der Waals surface area contributed by atoms with E-state index in [1.54, 1.807) is 19.4 Å². The largest absolute Gasteiger partial charge is 0.493 e. The zero-order chi connectivity index (χ0) is 24.7. The van der Waals surface area contributed by atoms with Gasteiger partial charge in [0.25, 0.3) is 5.91 Å². The Hall–Kier alpha value is -3.45. The highest BCUT2D eigenvalue weighted by Gasteiger charge is 2.24. The van der Waals surface area contributed by atoms with E-state index in [1.165, 1.54) is 5.56 Å². The molecule has 1 N–H and O–H groups in total. The van der Waals surface area contributed by atoms with Gasteiger partial charge in [0.05, 0.1) is 13.4 Å². The van der Waals surface area contributed by atoms with Crippen LogP contribution in [0.5, 0.6) is 11.5 Å². The first-order chi connectivity index (χ1) is 17.7. The van der Waals surface area contributed by atoms with E-state index in [0.29, 0.717) is 17.1 Å². The number of benzene rings is 2. The Kier molecular flexibility index (Phi) is 7.76. The summed E-state index contributed by atoms with van der Waals surface area (Å²) < 4.78 is 17.4. The van der Waals surface area contributed by atoms with Crippen molar-refractivity contribution in [3.05, 3.63) is 78.1 Å². The van der Waals surface area contributed by atoms with Crippen molar-refractivity contribution in [2.45, 2.75) is 44.4 Å². The Morgan fingerprint density at radius 1 is 0.944 bits per heavy atom. The van der Waals surface area contributed by atoms with Crippen molar-refractivity contribution in [3.63, 3.8) is 0 Å². The predicted molar refractivity (Wildman–Crippen MR) is 140 cm³/mol. The SMILES string of the molecule is COc1cc(C(=O)NC2CCN(Cc3ccccc3)CC2)ccc1OC1CCN(c2ccco2)CC1. The number of hydrogen-bond acceptors (Lipinski definition) is 6. The maximum atomic E-state index is 13.0. The Balaban J connectivity index is 1.11. The molecule has 0 saturated carbocycles. The number of rotatable bonds is 8.